The van der Waals surface area contributed by atoms with Gasteiger partial charge >= 0.3 is 5.76 Å². The van der Waals surface area contributed by atoms with E-state index in [4.69, 9.17) is 4.42 Å². The van der Waals surface area contributed by atoms with Crippen molar-refractivity contribution in [2.24, 2.45) is 0 Å². The zero-order chi connectivity index (χ0) is 20.8. The quantitative estimate of drug-likeness (QED) is 0.407. The minimum atomic E-state index is -0.579. The zero-order valence-corrected chi connectivity index (χ0v) is 16.2. The maximum Gasteiger partial charge on any atom is 0.419 e. The molecule has 1 aromatic heterocycles. The number of nitrogens with zero attached hydrogens (tertiary/aromatic N) is 3. The molecule has 0 saturated carbocycles. The first kappa shape index (κ1) is 20.3. The predicted molar refractivity (Wildman–Crippen MR) is 109 cm³/mol. The zero-order valence-electron chi connectivity index (χ0n) is 16.2. The molecule has 3 rings (SSSR count). The molecule has 0 aliphatic heterocycles. The number of carbonyl (C=O) groups excluding carboxylic acids is 1. The van der Waals surface area contributed by atoms with Crippen LogP contribution in [-0.4, -0.2) is 33.4 Å². The van der Waals surface area contributed by atoms with Gasteiger partial charge in [-0.3, -0.25) is 19.5 Å². The summed E-state index contributed by atoms with van der Waals surface area (Å²) < 4.78 is 6.52. The fourth-order valence-electron chi connectivity index (χ4n) is 3.29. The summed E-state index contributed by atoms with van der Waals surface area (Å²) in [4.78, 5) is 36.7. The Morgan fingerprint density at radius 3 is 2.66 bits per heavy atom. The SMILES string of the molecule is CCN(CCc1ccccc1)C(=O)CCCn1c(=O)oc2cc([N+](=O)[O-])ccc21. The van der Waals surface area contributed by atoms with E-state index in [1.54, 1.807) is 0 Å². The molecule has 0 spiro atoms. The van der Waals surface area contributed by atoms with Gasteiger partial charge in [-0.1, -0.05) is 30.3 Å². The first-order chi connectivity index (χ1) is 14.0. The number of oxazole rings is 1. The van der Waals surface area contributed by atoms with Gasteiger partial charge in [-0.25, -0.2) is 4.79 Å². The van der Waals surface area contributed by atoms with Gasteiger partial charge in [0, 0.05) is 32.1 Å². The second-order valence-corrected chi connectivity index (χ2v) is 6.74. The number of nitro groups is 1. The lowest BCUT2D eigenvalue weighted by molar-refractivity contribution is -0.384. The second-order valence-electron chi connectivity index (χ2n) is 6.74. The molecular formula is C21H23N3O5. The van der Waals surface area contributed by atoms with Crippen LogP contribution in [0.4, 0.5) is 5.69 Å². The van der Waals surface area contributed by atoms with Crippen molar-refractivity contribution in [1.82, 2.24) is 9.47 Å². The molecule has 152 valence electrons. The van der Waals surface area contributed by atoms with E-state index in [1.165, 1.54) is 28.3 Å². The Hall–Kier alpha value is -3.42. The number of aromatic nitrogens is 1. The van der Waals surface area contributed by atoms with E-state index < -0.39 is 10.7 Å². The fraction of sp³-hybridized carbons (Fsp3) is 0.333. The van der Waals surface area contributed by atoms with Crippen LogP contribution in [-0.2, 0) is 17.8 Å². The molecule has 8 nitrogen and oxygen atoms in total. The molecule has 0 radical (unpaired) electrons. The fourth-order valence-corrected chi connectivity index (χ4v) is 3.29. The molecule has 1 amide bonds. The minimum absolute atomic E-state index is 0.0416. The highest BCUT2D eigenvalue weighted by Crippen LogP contribution is 2.20. The number of benzene rings is 2. The van der Waals surface area contributed by atoms with E-state index in [0.717, 1.165) is 6.42 Å². The Bertz CT molecular complexity index is 1060. The summed E-state index contributed by atoms with van der Waals surface area (Å²) in [6.07, 6.45) is 1.59. The van der Waals surface area contributed by atoms with E-state index >= 15 is 0 Å². The Morgan fingerprint density at radius 2 is 1.97 bits per heavy atom. The van der Waals surface area contributed by atoms with E-state index in [9.17, 15) is 19.7 Å². The summed E-state index contributed by atoms with van der Waals surface area (Å²) >= 11 is 0. The average Bonchev–Trinajstić information content (AvgIpc) is 3.03. The van der Waals surface area contributed by atoms with Gasteiger partial charge in [0.25, 0.3) is 5.69 Å². The van der Waals surface area contributed by atoms with Crippen molar-refractivity contribution < 1.29 is 14.1 Å². The Kier molecular flexibility index (Phi) is 6.43. The topological polar surface area (TPSA) is 98.6 Å². The van der Waals surface area contributed by atoms with Crippen LogP contribution in [0.3, 0.4) is 0 Å². The van der Waals surface area contributed by atoms with Crippen molar-refractivity contribution in [3.05, 3.63) is 74.8 Å². The lowest BCUT2D eigenvalue weighted by Crippen LogP contribution is -2.32. The van der Waals surface area contributed by atoms with Crippen LogP contribution in [0.2, 0.25) is 0 Å². The highest BCUT2D eigenvalue weighted by molar-refractivity contribution is 5.77. The molecule has 0 atom stereocenters. The van der Waals surface area contributed by atoms with Crippen molar-refractivity contribution in [1.29, 1.82) is 0 Å². The van der Waals surface area contributed by atoms with Crippen LogP contribution in [0.1, 0.15) is 25.3 Å². The Balaban J connectivity index is 1.58. The Morgan fingerprint density at radius 1 is 1.21 bits per heavy atom. The van der Waals surface area contributed by atoms with Crippen LogP contribution in [0, 0.1) is 10.1 Å². The van der Waals surface area contributed by atoms with Crippen molar-refractivity contribution >= 4 is 22.7 Å². The number of fused-ring (bicyclic) bond motifs is 1. The first-order valence-corrected chi connectivity index (χ1v) is 9.59. The standard InChI is InChI=1S/C21H23N3O5/c1-2-22(14-12-16-7-4-3-5-8-16)20(25)9-6-13-23-18-11-10-17(24(27)28)15-19(18)29-21(23)26/h3-5,7-8,10-11,15H,2,6,9,12-14H2,1H3. The average molecular weight is 397 g/mol. The molecule has 0 saturated heterocycles. The summed E-state index contributed by atoms with van der Waals surface area (Å²) in [6.45, 7) is 3.54. The number of nitro benzene ring substituents is 1. The van der Waals surface area contributed by atoms with E-state index in [-0.39, 0.29) is 17.2 Å². The smallest absolute Gasteiger partial charge is 0.407 e. The number of aryl methyl sites for hydroxylation is 1. The van der Waals surface area contributed by atoms with Crippen LogP contribution < -0.4 is 5.76 Å². The third kappa shape index (κ3) is 4.90. The van der Waals surface area contributed by atoms with Crippen LogP contribution >= 0.6 is 0 Å². The molecule has 0 aliphatic rings. The predicted octanol–water partition coefficient (Wildman–Crippen LogP) is 3.37. The van der Waals surface area contributed by atoms with Gasteiger partial charge < -0.3 is 9.32 Å². The van der Waals surface area contributed by atoms with Gasteiger partial charge in [0.2, 0.25) is 5.91 Å². The van der Waals surface area contributed by atoms with Crippen molar-refractivity contribution in [2.75, 3.05) is 13.1 Å². The number of non-ortho nitro benzene ring substituents is 1. The maximum absolute atomic E-state index is 12.5. The Labute approximate surface area is 167 Å². The van der Waals surface area contributed by atoms with E-state index in [1.807, 2.05) is 42.2 Å². The molecule has 0 aliphatic carbocycles. The van der Waals surface area contributed by atoms with Gasteiger partial charge in [-0.2, -0.15) is 0 Å². The lowest BCUT2D eigenvalue weighted by atomic mass is 10.1. The van der Waals surface area contributed by atoms with E-state index in [0.29, 0.717) is 38.0 Å². The van der Waals surface area contributed by atoms with E-state index in [2.05, 4.69) is 0 Å². The van der Waals surface area contributed by atoms with Crippen molar-refractivity contribution in [2.45, 2.75) is 32.7 Å². The van der Waals surface area contributed by atoms with Gasteiger partial charge in [0.15, 0.2) is 5.58 Å². The van der Waals surface area contributed by atoms with Gasteiger partial charge in [0.1, 0.15) is 0 Å². The number of hydrogen-bond donors (Lipinski definition) is 0. The monoisotopic (exact) mass is 397 g/mol. The molecule has 0 bridgehead atoms. The van der Waals surface area contributed by atoms with Gasteiger partial charge in [-0.05, 0) is 31.4 Å². The summed E-state index contributed by atoms with van der Waals surface area (Å²) in [7, 11) is 0. The normalized spacial score (nSPS) is 10.9. The van der Waals surface area contributed by atoms with Crippen molar-refractivity contribution in [3.63, 3.8) is 0 Å². The number of hydrogen-bond acceptors (Lipinski definition) is 5. The second kappa shape index (κ2) is 9.18. The van der Waals surface area contributed by atoms with Crippen LogP contribution in [0.15, 0.2) is 57.7 Å². The maximum atomic E-state index is 12.5. The number of rotatable bonds is 9. The highest BCUT2D eigenvalue weighted by Gasteiger charge is 2.15. The molecule has 29 heavy (non-hydrogen) atoms. The number of likely N-dealkylation sites (N-methyl/N-ethyl adjacent to an activating group) is 1. The first-order valence-electron chi connectivity index (χ1n) is 9.59. The third-order valence-electron chi connectivity index (χ3n) is 4.88. The van der Waals surface area contributed by atoms with Crippen LogP contribution in [0.5, 0.6) is 0 Å². The summed E-state index contributed by atoms with van der Waals surface area (Å²) in [6, 6.07) is 14.1. The number of amides is 1. The third-order valence-corrected chi connectivity index (χ3v) is 4.88. The summed E-state index contributed by atoms with van der Waals surface area (Å²) in [5.74, 6) is -0.538. The van der Waals surface area contributed by atoms with Crippen LogP contribution in [0.25, 0.3) is 11.1 Å². The lowest BCUT2D eigenvalue weighted by Gasteiger charge is -2.21. The number of carbonyl (C=O) groups is 1. The summed E-state index contributed by atoms with van der Waals surface area (Å²) in [5.41, 5.74) is 1.72. The molecule has 0 unspecified atom stereocenters. The largest absolute Gasteiger partial charge is 0.419 e. The molecule has 2 aromatic carbocycles. The molecule has 0 N–H and O–H groups in total. The molecule has 3 aromatic rings. The van der Waals surface area contributed by atoms with Gasteiger partial charge in [-0.15, -0.1) is 0 Å². The molecule has 8 heteroatoms. The molecular weight excluding hydrogens is 374 g/mol. The van der Waals surface area contributed by atoms with Crippen molar-refractivity contribution in [3.8, 4) is 0 Å². The highest BCUT2D eigenvalue weighted by atomic mass is 16.6. The summed E-state index contributed by atoms with van der Waals surface area (Å²) in [5, 5.41) is 10.9. The molecule has 1 heterocycles. The molecule has 0 fully saturated rings. The van der Waals surface area contributed by atoms with Gasteiger partial charge in [0.05, 0.1) is 16.5 Å². The minimum Gasteiger partial charge on any atom is -0.407 e.